The third-order valence-electron chi connectivity index (χ3n) is 2.85. The van der Waals surface area contributed by atoms with Crippen LogP contribution in [-0.2, 0) is 14.8 Å². The summed E-state index contributed by atoms with van der Waals surface area (Å²) in [6, 6.07) is 8.73. The van der Waals surface area contributed by atoms with E-state index in [4.69, 9.17) is 4.74 Å². The van der Waals surface area contributed by atoms with Crippen molar-refractivity contribution in [3.05, 3.63) is 36.5 Å². The Morgan fingerprint density at radius 3 is 2.60 bits per heavy atom. The van der Waals surface area contributed by atoms with Gasteiger partial charge in [0.05, 0.1) is 10.6 Å². The van der Waals surface area contributed by atoms with Gasteiger partial charge in [-0.15, -0.1) is 11.3 Å². The van der Waals surface area contributed by atoms with Gasteiger partial charge in [-0.3, -0.25) is 4.98 Å². The average molecular weight is 383 g/mol. The van der Waals surface area contributed by atoms with Crippen LogP contribution in [-0.4, -0.2) is 38.2 Å². The Hall–Kier alpha value is -1.97. The number of ether oxygens (including phenoxy) is 1. The zero-order valence-electron chi connectivity index (χ0n) is 14.3. The number of pyridine rings is 1. The number of nitrogens with zero attached hydrogens (tertiary/aromatic N) is 1. The number of thiophene rings is 1. The minimum absolute atomic E-state index is 0.0679. The summed E-state index contributed by atoms with van der Waals surface area (Å²) >= 11 is 1.14. The van der Waals surface area contributed by atoms with Crippen molar-refractivity contribution in [3.8, 4) is 10.6 Å². The lowest BCUT2D eigenvalue weighted by atomic mass is 10.2. The van der Waals surface area contributed by atoms with Crippen LogP contribution in [0.3, 0.4) is 0 Å². The van der Waals surface area contributed by atoms with Gasteiger partial charge in [0.15, 0.2) is 0 Å². The van der Waals surface area contributed by atoms with Gasteiger partial charge >= 0.3 is 6.09 Å². The number of nitrogens with one attached hydrogen (secondary N) is 2. The van der Waals surface area contributed by atoms with Crippen molar-refractivity contribution < 1.29 is 17.9 Å². The van der Waals surface area contributed by atoms with E-state index < -0.39 is 21.7 Å². The molecule has 1 amide bonds. The van der Waals surface area contributed by atoms with Crippen LogP contribution in [0.4, 0.5) is 4.79 Å². The first-order chi connectivity index (χ1) is 11.7. The average Bonchev–Trinajstić information content (AvgIpc) is 3.02. The molecule has 2 heterocycles. The minimum atomic E-state index is -3.63. The highest BCUT2D eigenvalue weighted by Crippen LogP contribution is 2.29. The lowest BCUT2D eigenvalue weighted by Gasteiger charge is -2.19. The van der Waals surface area contributed by atoms with Crippen LogP contribution in [0.1, 0.15) is 20.8 Å². The lowest BCUT2D eigenvalue weighted by Crippen LogP contribution is -2.37. The van der Waals surface area contributed by atoms with Crippen molar-refractivity contribution in [2.24, 2.45) is 0 Å². The number of rotatable bonds is 6. The molecule has 0 aliphatic heterocycles. The number of alkyl carbamates (subject to hydrolysis) is 1. The van der Waals surface area contributed by atoms with E-state index in [1.807, 2.05) is 12.1 Å². The normalized spacial score (nSPS) is 12.0. The van der Waals surface area contributed by atoms with Crippen LogP contribution < -0.4 is 10.0 Å². The Bertz CT molecular complexity index is 811. The molecule has 0 fully saturated rings. The summed E-state index contributed by atoms with van der Waals surface area (Å²) in [5.41, 5.74) is 0.128. The number of carbonyl (C=O) groups excluding carboxylic acids is 1. The Labute approximate surface area is 151 Å². The standard InChI is InChI=1S/C16H21N3O4S2/c1-16(2,3)23-15(20)18-10-11-19-25(21,22)14-8-7-13(24-14)12-6-4-5-9-17-12/h4-9,19H,10-11H2,1-3H3,(H,18,20). The van der Waals surface area contributed by atoms with Gasteiger partial charge in [-0.1, -0.05) is 6.07 Å². The molecule has 2 aromatic heterocycles. The summed E-state index contributed by atoms with van der Waals surface area (Å²) in [7, 11) is -3.63. The van der Waals surface area contributed by atoms with E-state index in [-0.39, 0.29) is 17.3 Å². The molecule has 7 nitrogen and oxygen atoms in total. The van der Waals surface area contributed by atoms with Crippen LogP contribution in [0.25, 0.3) is 10.6 Å². The number of hydrogen-bond donors (Lipinski definition) is 2. The topological polar surface area (TPSA) is 97.4 Å². The number of sulfonamides is 1. The number of hydrogen-bond acceptors (Lipinski definition) is 6. The number of carbonyl (C=O) groups is 1. The minimum Gasteiger partial charge on any atom is -0.444 e. The van der Waals surface area contributed by atoms with Crippen LogP contribution in [0.15, 0.2) is 40.7 Å². The fourth-order valence-corrected chi connectivity index (χ4v) is 4.21. The smallest absolute Gasteiger partial charge is 0.407 e. The fourth-order valence-electron chi connectivity index (χ4n) is 1.85. The van der Waals surface area contributed by atoms with Crippen LogP contribution >= 0.6 is 11.3 Å². The highest BCUT2D eigenvalue weighted by atomic mass is 32.2. The molecule has 2 rings (SSSR count). The van der Waals surface area contributed by atoms with Gasteiger partial charge in [-0.05, 0) is 45.0 Å². The number of amides is 1. The molecule has 9 heteroatoms. The van der Waals surface area contributed by atoms with E-state index in [1.165, 1.54) is 6.07 Å². The molecule has 2 aromatic rings. The summed E-state index contributed by atoms with van der Waals surface area (Å²) in [6.45, 7) is 5.47. The van der Waals surface area contributed by atoms with Gasteiger partial charge in [0.25, 0.3) is 0 Å². The van der Waals surface area contributed by atoms with Crippen molar-refractivity contribution in [2.45, 2.75) is 30.6 Å². The fraction of sp³-hybridized carbons (Fsp3) is 0.375. The Kier molecular flexibility index (Phi) is 6.15. The van der Waals surface area contributed by atoms with Crippen molar-refractivity contribution >= 4 is 27.5 Å². The SMILES string of the molecule is CC(C)(C)OC(=O)NCCNS(=O)(=O)c1ccc(-c2ccccn2)s1. The molecular formula is C16H21N3O4S2. The molecule has 0 atom stereocenters. The Balaban J connectivity index is 1.88. The second kappa shape index (κ2) is 7.94. The highest BCUT2D eigenvalue weighted by Gasteiger charge is 2.18. The van der Waals surface area contributed by atoms with E-state index in [9.17, 15) is 13.2 Å². The van der Waals surface area contributed by atoms with E-state index in [1.54, 1.807) is 39.1 Å². The van der Waals surface area contributed by atoms with Gasteiger partial charge in [0.1, 0.15) is 9.81 Å². The maximum absolute atomic E-state index is 12.3. The molecule has 25 heavy (non-hydrogen) atoms. The second-order valence-corrected chi connectivity index (χ2v) is 9.24. The largest absolute Gasteiger partial charge is 0.444 e. The maximum Gasteiger partial charge on any atom is 0.407 e. The summed E-state index contributed by atoms with van der Waals surface area (Å²) in [6.07, 6.45) is 1.07. The molecule has 2 N–H and O–H groups in total. The summed E-state index contributed by atoms with van der Waals surface area (Å²) in [4.78, 5) is 16.5. The van der Waals surface area contributed by atoms with Gasteiger partial charge in [-0.25, -0.2) is 17.9 Å². The molecule has 0 aromatic carbocycles. The van der Waals surface area contributed by atoms with Crippen molar-refractivity contribution in [1.29, 1.82) is 0 Å². The molecule has 0 radical (unpaired) electrons. The summed E-state index contributed by atoms with van der Waals surface area (Å²) in [5.74, 6) is 0. The summed E-state index contributed by atoms with van der Waals surface area (Å²) in [5, 5.41) is 2.50. The Morgan fingerprint density at radius 2 is 1.96 bits per heavy atom. The highest BCUT2D eigenvalue weighted by molar-refractivity contribution is 7.91. The molecule has 0 spiro atoms. The molecule has 0 bridgehead atoms. The lowest BCUT2D eigenvalue weighted by molar-refractivity contribution is 0.0529. The van der Waals surface area contributed by atoms with Crippen LogP contribution in [0.5, 0.6) is 0 Å². The molecule has 0 saturated heterocycles. The monoisotopic (exact) mass is 383 g/mol. The predicted octanol–water partition coefficient (Wildman–Crippen LogP) is 2.61. The maximum atomic E-state index is 12.3. The van der Waals surface area contributed by atoms with E-state index >= 15 is 0 Å². The first-order valence-electron chi connectivity index (χ1n) is 7.65. The second-order valence-electron chi connectivity index (χ2n) is 6.16. The van der Waals surface area contributed by atoms with E-state index in [2.05, 4.69) is 15.0 Å². The molecule has 136 valence electrons. The first-order valence-corrected chi connectivity index (χ1v) is 9.95. The zero-order chi connectivity index (χ0) is 18.5. The third-order valence-corrected chi connectivity index (χ3v) is 5.91. The van der Waals surface area contributed by atoms with Crippen molar-refractivity contribution in [1.82, 2.24) is 15.0 Å². The predicted molar refractivity (Wildman–Crippen MR) is 97.0 cm³/mol. The molecule has 0 aliphatic rings. The van der Waals surface area contributed by atoms with Gasteiger partial charge in [0, 0.05) is 19.3 Å². The Morgan fingerprint density at radius 1 is 1.20 bits per heavy atom. The van der Waals surface area contributed by atoms with Crippen LogP contribution in [0, 0.1) is 0 Å². The summed E-state index contributed by atoms with van der Waals surface area (Å²) < 4.78 is 32.3. The number of aromatic nitrogens is 1. The van der Waals surface area contributed by atoms with Crippen molar-refractivity contribution in [3.63, 3.8) is 0 Å². The molecule has 0 aliphatic carbocycles. The van der Waals surface area contributed by atoms with E-state index in [0.717, 1.165) is 21.9 Å². The molecular weight excluding hydrogens is 362 g/mol. The first kappa shape index (κ1) is 19.4. The van der Waals surface area contributed by atoms with Gasteiger partial charge in [0.2, 0.25) is 10.0 Å². The van der Waals surface area contributed by atoms with Crippen molar-refractivity contribution in [2.75, 3.05) is 13.1 Å². The molecule has 0 saturated carbocycles. The zero-order valence-corrected chi connectivity index (χ0v) is 15.9. The van der Waals surface area contributed by atoms with Crippen LogP contribution in [0.2, 0.25) is 0 Å². The van der Waals surface area contributed by atoms with E-state index in [0.29, 0.717) is 0 Å². The van der Waals surface area contributed by atoms with Gasteiger partial charge in [-0.2, -0.15) is 0 Å². The van der Waals surface area contributed by atoms with Gasteiger partial charge < -0.3 is 10.1 Å². The molecule has 0 unspecified atom stereocenters. The quantitative estimate of drug-likeness (QED) is 0.747. The third kappa shape index (κ3) is 6.11.